The lowest BCUT2D eigenvalue weighted by Gasteiger charge is -1.84. The molecule has 0 spiro atoms. The van der Waals surface area contributed by atoms with Crippen molar-refractivity contribution in [1.29, 1.82) is 0 Å². The van der Waals surface area contributed by atoms with Gasteiger partial charge in [-0.15, -0.1) is 0 Å². The van der Waals surface area contributed by atoms with E-state index >= 15 is 0 Å². The van der Waals surface area contributed by atoms with Gasteiger partial charge in [-0.1, -0.05) is 6.07 Å². The molecule has 0 fully saturated rings. The molecule has 0 atom stereocenters. The van der Waals surface area contributed by atoms with Crippen LogP contribution in [0.1, 0.15) is 0 Å². The first kappa shape index (κ1) is 5.29. The van der Waals surface area contributed by atoms with Gasteiger partial charge < -0.3 is 4.42 Å². The van der Waals surface area contributed by atoms with Gasteiger partial charge >= 0.3 is 0 Å². The zero-order chi connectivity index (χ0) is 6.97. The molecule has 3 nitrogen and oxygen atoms in total. The third-order valence-electron chi connectivity index (χ3n) is 1.32. The summed E-state index contributed by atoms with van der Waals surface area (Å²) in [7, 11) is 0. The molecule has 0 saturated carbocycles. The molecule has 0 aliphatic heterocycles. The molecule has 10 heavy (non-hydrogen) atoms. The Hall–Kier alpha value is -1.51. The number of fused-ring (bicyclic) bond motifs is 1. The minimum atomic E-state index is -0.0914. The summed E-state index contributed by atoms with van der Waals surface area (Å²) in [5.74, 6) is -0.0914. The molecule has 0 bridgehead atoms. The predicted octanol–water partition coefficient (Wildman–Crippen LogP) is 1.97. The lowest BCUT2D eigenvalue weighted by atomic mass is 10.3. The van der Waals surface area contributed by atoms with Crippen molar-refractivity contribution in [1.82, 2.24) is 4.98 Å². The summed E-state index contributed by atoms with van der Waals surface area (Å²) in [6.07, 6.45) is 1.27. The second-order valence-corrected chi connectivity index (χ2v) is 1.96. The molecule has 2 aromatic rings. The Labute approximate surface area is 56.9 Å². The van der Waals surface area contributed by atoms with Crippen molar-refractivity contribution in [3.63, 3.8) is 0 Å². The summed E-state index contributed by atoms with van der Waals surface area (Å²) in [5, 5.41) is 10.9. The molecule has 0 N–H and O–H groups in total. The van der Waals surface area contributed by atoms with E-state index < -0.39 is 0 Å². The number of para-hydroxylation sites is 1. The van der Waals surface area contributed by atoms with E-state index in [1.807, 2.05) is 0 Å². The van der Waals surface area contributed by atoms with Gasteiger partial charge in [-0.3, -0.25) is 5.11 Å². The van der Waals surface area contributed by atoms with Gasteiger partial charge in [0.25, 0.3) is 0 Å². The van der Waals surface area contributed by atoms with E-state index in [2.05, 4.69) is 4.98 Å². The zero-order valence-electron chi connectivity index (χ0n) is 5.07. The highest BCUT2D eigenvalue weighted by atomic mass is 16.3. The molecule has 0 unspecified atom stereocenters. The molecule has 1 heterocycles. The molecular formula is C7H4NO2. The summed E-state index contributed by atoms with van der Waals surface area (Å²) in [5.41, 5.74) is 0.954. The largest absolute Gasteiger partial charge is 0.443 e. The number of hydrogen-bond acceptors (Lipinski definition) is 2. The highest BCUT2D eigenvalue weighted by Gasteiger charge is 2.02. The summed E-state index contributed by atoms with van der Waals surface area (Å²) < 4.78 is 4.89. The third-order valence-corrected chi connectivity index (χ3v) is 1.32. The first-order chi connectivity index (χ1) is 4.88. The van der Waals surface area contributed by atoms with E-state index in [1.54, 1.807) is 12.1 Å². The Morgan fingerprint density at radius 1 is 1.40 bits per heavy atom. The zero-order valence-corrected chi connectivity index (χ0v) is 5.07. The van der Waals surface area contributed by atoms with Crippen molar-refractivity contribution in [2.45, 2.75) is 0 Å². The Kier molecular flexibility index (Phi) is 0.917. The van der Waals surface area contributed by atoms with Crippen LogP contribution in [0.3, 0.4) is 0 Å². The SMILES string of the molecule is [O]c1cccc2ocnc12. The number of hydrogen-bond donors (Lipinski definition) is 0. The van der Waals surface area contributed by atoms with Gasteiger partial charge in [0.05, 0.1) is 0 Å². The van der Waals surface area contributed by atoms with Crippen LogP contribution in [0, 0.1) is 0 Å². The first-order valence-electron chi connectivity index (χ1n) is 2.87. The molecule has 49 valence electrons. The summed E-state index contributed by atoms with van der Waals surface area (Å²) >= 11 is 0. The molecule has 0 saturated heterocycles. The van der Waals surface area contributed by atoms with Gasteiger partial charge in [0, 0.05) is 0 Å². The molecule has 1 aromatic heterocycles. The van der Waals surface area contributed by atoms with Crippen LogP contribution in [0.25, 0.3) is 11.1 Å². The average molecular weight is 134 g/mol. The van der Waals surface area contributed by atoms with Crippen molar-refractivity contribution >= 4 is 11.1 Å². The van der Waals surface area contributed by atoms with E-state index in [0.717, 1.165) is 0 Å². The van der Waals surface area contributed by atoms with Gasteiger partial charge in [-0.2, -0.15) is 0 Å². The maximum Gasteiger partial charge on any atom is 0.208 e. The molecule has 2 rings (SSSR count). The van der Waals surface area contributed by atoms with Crippen LogP contribution >= 0.6 is 0 Å². The fraction of sp³-hybridized carbons (Fsp3) is 0. The molecular weight excluding hydrogens is 130 g/mol. The second-order valence-electron chi connectivity index (χ2n) is 1.96. The van der Waals surface area contributed by atoms with Crippen molar-refractivity contribution in [3.05, 3.63) is 24.6 Å². The average Bonchev–Trinajstić information content (AvgIpc) is 2.36. The minimum absolute atomic E-state index is 0.0914. The number of benzene rings is 1. The van der Waals surface area contributed by atoms with Crippen molar-refractivity contribution in [3.8, 4) is 5.75 Å². The molecule has 1 radical (unpaired) electrons. The van der Waals surface area contributed by atoms with Gasteiger partial charge in [0.1, 0.15) is 0 Å². The van der Waals surface area contributed by atoms with Crippen LogP contribution in [0.5, 0.6) is 5.75 Å². The Morgan fingerprint density at radius 3 is 3.10 bits per heavy atom. The van der Waals surface area contributed by atoms with E-state index in [-0.39, 0.29) is 5.75 Å². The lowest BCUT2D eigenvalue weighted by molar-refractivity contribution is 0.359. The Morgan fingerprint density at radius 2 is 2.30 bits per heavy atom. The van der Waals surface area contributed by atoms with Gasteiger partial charge in [0.2, 0.25) is 5.75 Å². The number of aromatic nitrogens is 1. The van der Waals surface area contributed by atoms with E-state index in [0.29, 0.717) is 11.1 Å². The van der Waals surface area contributed by atoms with Crippen LogP contribution in [0.2, 0.25) is 0 Å². The number of nitrogens with zero attached hydrogens (tertiary/aromatic N) is 1. The van der Waals surface area contributed by atoms with Crippen LogP contribution in [0.4, 0.5) is 0 Å². The van der Waals surface area contributed by atoms with Crippen LogP contribution in [0.15, 0.2) is 29.0 Å². The Bertz CT molecular complexity index is 353. The van der Waals surface area contributed by atoms with E-state index in [4.69, 9.17) is 4.42 Å². The maximum atomic E-state index is 10.9. The predicted molar refractivity (Wildman–Crippen MR) is 34.1 cm³/mol. The third kappa shape index (κ3) is 0.572. The number of oxazole rings is 1. The quantitative estimate of drug-likeness (QED) is 0.552. The summed E-state index contributed by atoms with van der Waals surface area (Å²) in [6, 6.07) is 4.82. The monoisotopic (exact) mass is 134 g/mol. The van der Waals surface area contributed by atoms with Gasteiger partial charge in [0.15, 0.2) is 17.5 Å². The first-order valence-corrected chi connectivity index (χ1v) is 2.87. The second kappa shape index (κ2) is 1.73. The molecule has 0 aliphatic rings. The smallest absolute Gasteiger partial charge is 0.208 e. The highest BCUT2D eigenvalue weighted by molar-refractivity contribution is 5.78. The van der Waals surface area contributed by atoms with Crippen LogP contribution in [-0.4, -0.2) is 4.98 Å². The number of rotatable bonds is 0. The molecule has 0 amide bonds. The van der Waals surface area contributed by atoms with E-state index in [9.17, 15) is 5.11 Å². The summed E-state index contributed by atoms with van der Waals surface area (Å²) in [4.78, 5) is 3.74. The maximum absolute atomic E-state index is 10.9. The minimum Gasteiger partial charge on any atom is -0.443 e. The van der Waals surface area contributed by atoms with Crippen LogP contribution < -0.4 is 0 Å². The standard InChI is InChI=1S/C7H4NO2/c9-5-2-1-3-6-7(5)8-4-10-6/h1-4H. The topological polar surface area (TPSA) is 45.9 Å². The fourth-order valence-electron chi connectivity index (χ4n) is 0.860. The van der Waals surface area contributed by atoms with E-state index in [1.165, 1.54) is 12.5 Å². The normalized spacial score (nSPS) is 10.4. The van der Waals surface area contributed by atoms with Gasteiger partial charge in [-0.25, -0.2) is 4.98 Å². The van der Waals surface area contributed by atoms with Crippen LogP contribution in [-0.2, 0) is 5.11 Å². The van der Waals surface area contributed by atoms with Crippen molar-refractivity contribution in [2.75, 3.05) is 0 Å². The highest BCUT2D eigenvalue weighted by Crippen LogP contribution is 2.22. The van der Waals surface area contributed by atoms with Crippen molar-refractivity contribution in [2.24, 2.45) is 0 Å². The fourth-order valence-corrected chi connectivity index (χ4v) is 0.860. The van der Waals surface area contributed by atoms with Crippen molar-refractivity contribution < 1.29 is 9.52 Å². The molecule has 3 heteroatoms. The lowest BCUT2D eigenvalue weighted by Crippen LogP contribution is -1.65. The molecule has 1 aromatic carbocycles. The molecule has 0 aliphatic carbocycles. The summed E-state index contributed by atoms with van der Waals surface area (Å²) in [6.45, 7) is 0. The van der Waals surface area contributed by atoms with Gasteiger partial charge in [-0.05, 0) is 12.1 Å². The Balaban J connectivity index is 2.95.